The van der Waals surface area contributed by atoms with Gasteiger partial charge in [-0.3, -0.25) is 0 Å². The van der Waals surface area contributed by atoms with Gasteiger partial charge < -0.3 is 0 Å². The van der Waals surface area contributed by atoms with Gasteiger partial charge in [0.25, 0.3) is 0 Å². The fraction of sp³-hybridized carbons (Fsp3) is 0. The minimum atomic E-state index is -1.02. The van der Waals surface area contributed by atoms with E-state index in [1.54, 1.807) is 12.1 Å². The number of carbonyl (C=O) groups excluding carboxylic acids is 2. The molecule has 0 aliphatic carbocycles. The summed E-state index contributed by atoms with van der Waals surface area (Å²) in [4.78, 5) is 37.9. The molecule has 0 spiro atoms. The number of rotatable bonds is 4. The Morgan fingerprint density at radius 3 is 1.50 bits per heavy atom. The van der Waals surface area contributed by atoms with Crippen LogP contribution in [0.4, 0.5) is 11.4 Å². The molecular formula is C14H8N6O4. The summed E-state index contributed by atoms with van der Waals surface area (Å²) >= 11 is 0. The van der Waals surface area contributed by atoms with Crippen molar-refractivity contribution < 1.29 is 19.4 Å². The normalized spacial score (nSPS) is 9.17. The molecule has 2 aromatic rings. The van der Waals surface area contributed by atoms with Gasteiger partial charge in [0.05, 0.1) is 22.5 Å². The maximum Gasteiger partial charge on any atom is 0.386 e. The van der Waals surface area contributed by atoms with Crippen molar-refractivity contribution in [1.29, 1.82) is 0 Å². The van der Waals surface area contributed by atoms with E-state index in [1.165, 1.54) is 36.4 Å². The molecule has 0 aliphatic heterocycles. The van der Waals surface area contributed by atoms with Gasteiger partial charge in [0.1, 0.15) is 0 Å². The van der Waals surface area contributed by atoms with E-state index in [0.717, 1.165) is 0 Å². The van der Waals surface area contributed by atoms with E-state index in [-0.39, 0.29) is 22.5 Å². The molecule has 0 aromatic heterocycles. The average Bonchev–Trinajstić information content (AvgIpc) is 2.61. The molecule has 2 aromatic carbocycles. The first-order valence-corrected chi connectivity index (χ1v) is 6.39. The van der Waals surface area contributed by atoms with E-state index in [4.69, 9.17) is 11.1 Å². The van der Waals surface area contributed by atoms with Gasteiger partial charge in [-0.15, -0.1) is 0 Å². The summed E-state index contributed by atoms with van der Waals surface area (Å²) in [6, 6.07) is 11.6. The Bertz CT molecular complexity index is 811. The zero-order valence-electron chi connectivity index (χ0n) is 11.9. The SMILES string of the molecule is [N-]=[N+]=Nc1ccccc1C(=O)OOC(=O)c1ccccc1N=[N+]=[N-]. The summed E-state index contributed by atoms with van der Waals surface area (Å²) in [5.41, 5.74) is 16.8. The molecule has 0 unspecified atom stereocenters. The van der Waals surface area contributed by atoms with Gasteiger partial charge in [0.2, 0.25) is 0 Å². The van der Waals surface area contributed by atoms with Crippen LogP contribution >= 0.6 is 0 Å². The molecule has 0 N–H and O–H groups in total. The summed E-state index contributed by atoms with van der Waals surface area (Å²) in [7, 11) is 0. The van der Waals surface area contributed by atoms with Crippen LogP contribution in [0.15, 0.2) is 58.8 Å². The van der Waals surface area contributed by atoms with Crippen molar-refractivity contribution >= 4 is 23.3 Å². The van der Waals surface area contributed by atoms with Gasteiger partial charge in [-0.2, -0.15) is 0 Å². The molecule has 118 valence electrons. The fourth-order valence-electron chi connectivity index (χ4n) is 1.73. The molecule has 10 nitrogen and oxygen atoms in total. The molecule has 24 heavy (non-hydrogen) atoms. The zero-order chi connectivity index (χ0) is 17.4. The summed E-state index contributed by atoms with van der Waals surface area (Å²) in [6.45, 7) is 0. The average molecular weight is 324 g/mol. The highest BCUT2D eigenvalue weighted by Crippen LogP contribution is 2.22. The molecule has 0 saturated heterocycles. The van der Waals surface area contributed by atoms with Crippen molar-refractivity contribution in [2.45, 2.75) is 0 Å². The van der Waals surface area contributed by atoms with Crippen LogP contribution < -0.4 is 0 Å². The highest BCUT2D eigenvalue weighted by atomic mass is 17.2. The fourth-order valence-corrected chi connectivity index (χ4v) is 1.73. The molecule has 0 radical (unpaired) electrons. The monoisotopic (exact) mass is 324 g/mol. The number of nitrogens with zero attached hydrogens (tertiary/aromatic N) is 6. The summed E-state index contributed by atoms with van der Waals surface area (Å²) in [6.07, 6.45) is 0. The van der Waals surface area contributed by atoms with Crippen LogP contribution in [0, 0.1) is 0 Å². The first-order valence-electron chi connectivity index (χ1n) is 6.39. The van der Waals surface area contributed by atoms with Crippen molar-refractivity contribution in [3.8, 4) is 0 Å². The predicted molar refractivity (Wildman–Crippen MR) is 81.3 cm³/mol. The third-order valence-electron chi connectivity index (χ3n) is 2.75. The Balaban J connectivity index is 2.14. The summed E-state index contributed by atoms with van der Waals surface area (Å²) in [5.74, 6) is -2.04. The molecule has 0 amide bonds. The van der Waals surface area contributed by atoms with Crippen LogP contribution in [0.2, 0.25) is 0 Å². The number of hydrogen-bond acceptors (Lipinski definition) is 6. The van der Waals surface area contributed by atoms with Crippen LogP contribution in [0.25, 0.3) is 20.9 Å². The smallest absolute Gasteiger partial charge is 0.241 e. The van der Waals surface area contributed by atoms with Gasteiger partial charge in [0, 0.05) is 9.82 Å². The van der Waals surface area contributed by atoms with Crippen LogP contribution in [-0.4, -0.2) is 11.9 Å². The van der Waals surface area contributed by atoms with Gasteiger partial charge >= 0.3 is 11.9 Å². The van der Waals surface area contributed by atoms with Gasteiger partial charge in [-0.1, -0.05) is 46.6 Å². The standard InChI is InChI=1S/C14H8N6O4/c15-19-17-11-7-3-1-5-9(11)13(21)23-24-14(22)10-6-2-4-8-12(10)18-20-16/h1-8H. The molecule has 0 saturated carbocycles. The van der Waals surface area contributed by atoms with E-state index in [0.29, 0.717) is 0 Å². The van der Waals surface area contributed by atoms with E-state index in [2.05, 4.69) is 29.8 Å². The Labute approximate surface area is 134 Å². The van der Waals surface area contributed by atoms with E-state index in [1.807, 2.05) is 0 Å². The summed E-state index contributed by atoms with van der Waals surface area (Å²) in [5, 5.41) is 6.67. The topological polar surface area (TPSA) is 150 Å². The minimum absolute atomic E-state index is 0.0236. The first-order chi connectivity index (χ1) is 11.7. The first kappa shape index (κ1) is 16.4. The molecule has 0 aliphatic rings. The molecule has 0 atom stereocenters. The molecule has 0 heterocycles. The van der Waals surface area contributed by atoms with Crippen molar-refractivity contribution in [2.24, 2.45) is 10.2 Å². The molecule has 10 heteroatoms. The zero-order valence-corrected chi connectivity index (χ0v) is 11.9. The maximum atomic E-state index is 11.9. The van der Waals surface area contributed by atoms with Gasteiger partial charge in [0.15, 0.2) is 0 Å². The Kier molecular flexibility index (Phi) is 5.36. The molecule has 0 bridgehead atoms. The molecular weight excluding hydrogens is 316 g/mol. The lowest BCUT2D eigenvalue weighted by atomic mass is 10.2. The lowest BCUT2D eigenvalue weighted by Gasteiger charge is -2.06. The van der Waals surface area contributed by atoms with Crippen molar-refractivity contribution in [3.63, 3.8) is 0 Å². The van der Waals surface area contributed by atoms with Gasteiger partial charge in [-0.25, -0.2) is 19.4 Å². The second-order valence-corrected chi connectivity index (χ2v) is 4.15. The number of hydrogen-bond donors (Lipinski definition) is 0. The van der Waals surface area contributed by atoms with Gasteiger partial charge in [-0.05, 0) is 23.2 Å². The third kappa shape index (κ3) is 3.80. The quantitative estimate of drug-likeness (QED) is 0.267. The van der Waals surface area contributed by atoms with Crippen LogP contribution in [-0.2, 0) is 9.78 Å². The second kappa shape index (κ2) is 7.85. The lowest BCUT2D eigenvalue weighted by molar-refractivity contribution is -0.187. The maximum absolute atomic E-state index is 11.9. The highest BCUT2D eigenvalue weighted by Gasteiger charge is 2.18. The molecule has 0 fully saturated rings. The minimum Gasteiger partial charge on any atom is -0.241 e. The van der Waals surface area contributed by atoms with E-state index < -0.39 is 11.9 Å². The van der Waals surface area contributed by atoms with Crippen LogP contribution in [0.5, 0.6) is 0 Å². The van der Waals surface area contributed by atoms with Crippen LogP contribution in [0.1, 0.15) is 20.7 Å². The Hall–Kier alpha value is -4.00. The largest absolute Gasteiger partial charge is 0.386 e. The second-order valence-electron chi connectivity index (χ2n) is 4.15. The number of carbonyl (C=O) groups is 2. The number of benzene rings is 2. The van der Waals surface area contributed by atoms with Crippen LogP contribution in [0.3, 0.4) is 0 Å². The summed E-state index contributed by atoms with van der Waals surface area (Å²) < 4.78 is 0. The van der Waals surface area contributed by atoms with Crippen molar-refractivity contribution in [1.82, 2.24) is 0 Å². The highest BCUT2D eigenvalue weighted by molar-refractivity contribution is 5.97. The Morgan fingerprint density at radius 2 is 1.12 bits per heavy atom. The lowest BCUT2D eigenvalue weighted by Crippen LogP contribution is -2.12. The van der Waals surface area contributed by atoms with E-state index in [9.17, 15) is 9.59 Å². The number of azide groups is 2. The van der Waals surface area contributed by atoms with Crippen molar-refractivity contribution in [3.05, 3.63) is 80.5 Å². The third-order valence-corrected chi connectivity index (χ3v) is 2.75. The van der Waals surface area contributed by atoms with Crippen molar-refractivity contribution in [2.75, 3.05) is 0 Å². The van der Waals surface area contributed by atoms with E-state index >= 15 is 0 Å². The Morgan fingerprint density at radius 1 is 0.750 bits per heavy atom. The molecule has 2 rings (SSSR count). The predicted octanol–water partition coefficient (Wildman–Crippen LogP) is 4.50.